The zero-order valence-electron chi connectivity index (χ0n) is 21.0. The number of methoxy groups -OCH3 is 2. The monoisotopic (exact) mass is 473 g/mol. The van der Waals surface area contributed by atoms with Crippen molar-refractivity contribution in [3.8, 4) is 11.5 Å². The highest BCUT2D eigenvalue weighted by molar-refractivity contribution is 5.89. The molecule has 3 fully saturated rings. The number of carbonyl (C=O) groups is 2. The number of hydrogen-bond acceptors (Lipinski definition) is 6. The average molecular weight is 474 g/mol. The molecule has 4 unspecified atom stereocenters. The van der Waals surface area contributed by atoms with E-state index in [-0.39, 0.29) is 36.0 Å². The zero-order chi connectivity index (χ0) is 24.2. The minimum atomic E-state index is -0.235. The Morgan fingerprint density at radius 3 is 2.53 bits per heavy atom. The number of likely N-dealkylation sites (tertiary alicyclic amines) is 2. The van der Waals surface area contributed by atoms with Gasteiger partial charge in [-0.15, -0.1) is 0 Å². The summed E-state index contributed by atoms with van der Waals surface area (Å²) in [6.07, 6.45) is 3.55. The molecule has 34 heavy (non-hydrogen) atoms. The molecule has 0 saturated carbocycles. The van der Waals surface area contributed by atoms with Crippen LogP contribution in [-0.4, -0.2) is 98.3 Å². The standard InChI is InChI=1S/C26H39N3O5/c1-18-14-27(15-19(2)34-18)17-22-6-5-10-29(22)26(31)21-13-25(30)28(16-21)11-9-20-7-8-23(32-3)24(12-20)33-4/h7-8,12,18-19,21-22H,5-6,9-11,13-17H2,1-4H3. The smallest absolute Gasteiger partial charge is 0.228 e. The topological polar surface area (TPSA) is 71.5 Å². The van der Waals surface area contributed by atoms with E-state index in [1.54, 1.807) is 14.2 Å². The molecule has 1 aromatic rings. The Hall–Kier alpha value is -2.32. The Kier molecular flexibility index (Phi) is 7.99. The Balaban J connectivity index is 1.31. The summed E-state index contributed by atoms with van der Waals surface area (Å²) in [7, 11) is 3.23. The molecule has 4 rings (SSSR count). The van der Waals surface area contributed by atoms with E-state index in [0.29, 0.717) is 37.4 Å². The van der Waals surface area contributed by atoms with Crippen molar-refractivity contribution in [1.29, 1.82) is 0 Å². The third kappa shape index (κ3) is 5.66. The van der Waals surface area contributed by atoms with Gasteiger partial charge in [0.1, 0.15) is 0 Å². The quantitative estimate of drug-likeness (QED) is 0.577. The predicted molar refractivity (Wildman–Crippen MR) is 129 cm³/mol. The maximum atomic E-state index is 13.4. The first-order valence-electron chi connectivity index (χ1n) is 12.5. The van der Waals surface area contributed by atoms with E-state index in [9.17, 15) is 9.59 Å². The van der Waals surface area contributed by atoms with Crippen molar-refractivity contribution in [2.45, 2.75) is 57.8 Å². The number of ether oxygens (including phenoxy) is 3. The molecular weight excluding hydrogens is 434 g/mol. The van der Waals surface area contributed by atoms with Crippen LogP contribution in [0, 0.1) is 5.92 Å². The predicted octanol–water partition coefficient (Wildman–Crippen LogP) is 2.20. The summed E-state index contributed by atoms with van der Waals surface area (Å²) in [5.41, 5.74) is 1.08. The first-order valence-corrected chi connectivity index (χ1v) is 12.5. The molecule has 8 heteroatoms. The summed E-state index contributed by atoms with van der Waals surface area (Å²) in [5, 5.41) is 0. The number of rotatable bonds is 8. The summed E-state index contributed by atoms with van der Waals surface area (Å²) >= 11 is 0. The minimum Gasteiger partial charge on any atom is -0.493 e. The van der Waals surface area contributed by atoms with Gasteiger partial charge in [0.15, 0.2) is 11.5 Å². The Labute approximate surface area is 203 Å². The van der Waals surface area contributed by atoms with Gasteiger partial charge in [-0.3, -0.25) is 14.5 Å². The van der Waals surface area contributed by atoms with Crippen molar-refractivity contribution in [1.82, 2.24) is 14.7 Å². The van der Waals surface area contributed by atoms with Crippen LogP contribution in [0.15, 0.2) is 18.2 Å². The van der Waals surface area contributed by atoms with Gasteiger partial charge in [-0.05, 0) is 50.8 Å². The highest BCUT2D eigenvalue weighted by atomic mass is 16.5. The van der Waals surface area contributed by atoms with Gasteiger partial charge in [-0.1, -0.05) is 6.07 Å². The van der Waals surface area contributed by atoms with Gasteiger partial charge < -0.3 is 24.0 Å². The maximum Gasteiger partial charge on any atom is 0.228 e. The van der Waals surface area contributed by atoms with Gasteiger partial charge in [-0.25, -0.2) is 0 Å². The fourth-order valence-electron chi connectivity index (χ4n) is 5.74. The summed E-state index contributed by atoms with van der Waals surface area (Å²) in [5.74, 6) is 1.37. The number of carbonyl (C=O) groups excluding carboxylic acids is 2. The molecular formula is C26H39N3O5. The zero-order valence-corrected chi connectivity index (χ0v) is 21.0. The Bertz CT molecular complexity index is 868. The summed E-state index contributed by atoms with van der Waals surface area (Å²) < 4.78 is 16.5. The molecule has 0 N–H and O–H groups in total. The van der Waals surface area contributed by atoms with Crippen LogP contribution in [0.25, 0.3) is 0 Å². The van der Waals surface area contributed by atoms with Crippen molar-refractivity contribution >= 4 is 11.8 Å². The lowest BCUT2D eigenvalue weighted by Gasteiger charge is -2.38. The van der Waals surface area contributed by atoms with E-state index in [2.05, 4.69) is 23.6 Å². The van der Waals surface area contributed by atoms with Crippen LogP contribution in [0.3, 0.4) is 0 Å². The highest BCUT2D eigenvalue weighted by Crippen LogP contribution is 2.29. The van der Waals surface area contributed by atoms with Gasteiger partial charge >= 0.3 is 0 Å². The Morgan fingerprint density at radius 2 is 1.82 bits per heavy atom. The number of nitrogens with zero attached hydrogens (tertiary/aromatic N) is 3. The lowest BCUT2D eigenvalue weighted by atomic mass is 10.1. The summed E-state index contributed by atoms with van der Waals surface area (Å²) in [4.78, 5) is 32.5. The first kappa shape index (κ1) is 24.8. The Morgan fingerprint density at radius 1 is 1.09 bits per heavy atom. The molecule has 4 atom stereocenters. The molecule has 0 radical (unpaired) electrons. The molecule has 8 nitrogen and oxygen atoms in total. The normalized spacial score (nSPS) is 27.9. The van der Waals surface area contributed by atoms with Gasteiger partial charge in [-0.2, -0.15) is 0 Å². The van der Waals surface area contributed by atoms with E-state index in [0.717, 1.165) is 44.6 Å². The first-order chi connectivity index (χ1) is 16.4. The van der Waals surface area contributed by atoms with Crippen molar-refractivity contribution in [2.24, 2.45) is 5.92 Å². The van der Waals surface area contributed by atoms with Crippen molar-refractivity contribution in [2.75, 3.05) is 53.5 Å². The molecule has 1 aromatic carbocycles. The minimum absolute atomic E-state index is 0.0744. The van der Waals surface area contributed by atoms with Crippen LogP contribution in [0.2, 0.25) is 0 Å². The van der Waals surface area contributed by atoms with Gasteiger partial charge in [0.25, 0.3) is 0 Å². The average Bonchev–Trinajstić information content (AvgIpc) is 3.42. The number of morpholine rings is 1. The van der Waals surface area contributed by atoms with E-state index < -0.39 is 0 Å². The van der Waals surface area contributed by atoms with E-state index in [4.69, 9.17) is 14.2 Å². The van der Waals surface area contributed by atoms with Crippen LogP contribution in [0.1, 0.15) is 38.7 Å². The number of amides is 2. The van der Waals surface area contributed by atoms with Crippen LogP contribution in [0.4, 0.5) is 0 Å². The van der Waals surface area contributed by atoms with Crippen LogP contribution in [0.5, 0.6) is 11.5 Å². The molecule has 3 aliphatic rings. The molecule has 0 aliphatic carbocycles. The third-order valence-corrected chi connectivity index (χ3v) is 7.31. The number of hydrogen-bond donors (Lipinski definition) is 0. The molecule has 3 heterocycles. The largest absolute Gasteiger partial charge is 0.493 e. The third-order valence-electron chi connectivity index (χ3n) is 7.31. The molecule has 188 valence electrons. The van der Waals surface area contributed by atoms with Crippen LogP contribution < -0.4 is 9.47 Å². The van der Waals surface area contributed by atoms with Crippen molar-refractivity contribution < 1.29 is 23.8 Å². The lowest BCUT2D eigenvalue weighted by molar-refractivity contribution is -0.137. The summed E-state index contributed by atoms with van der Waals surface area (Å²) in [6, 6.07) is 6.06. The molecule has 0 aromatic heterocycles. The van der Waals surface area contributed by atoms with Gasteiger partial charge in [0.05, 0.1) is 32.3 Å². The SMILES string of the molecule is COc1ccc(CCN2CC(C(=O)N3CCCC3CN3CC(C)OC(C)C3)CC2=O)cc1OC. The second kappa shape index (κ2) is 11.0. The van der Waals surface area contributed by atoms with Crippen LogP contribution >= 0.6 is 0 Å². The van der Waals surface area contributed by atoms with Crippen molar-refractivity contribution in [3.63, 3.8) is 0 Å². The molecule has 0 bridgehead atoms. The second-order valence-electron chi connectivity index (χ2n) is 9.98. The van der Waals surface area contributed by atoms with E-state index >= 15 is 0 Å². The fourth-order valence-corrected chi connectivity index (χ4v) is 5.74. The van der Waals surface area contributed by atoms with Gasteiger partial charge in [0.2, 0.25) is 11.8 Å². The summed E-state index contributed by atoms with van der Waals surface area (Å²) in [6.45, 7) is 8.86. The number of benzene rings is 1. The fraction of sp³-hybridized carbons (Fsp3) is 0.692. The van der Waals surface area contributed by atoms with E-state index in [1.165, 1.54) is 0 Å². The highest BCUT2D eigenvalue weighted by Gasteiger charge is 2.40. The molecule has 0 spiro atoms. The second-order valence-corrected chi connectivity index (χ2v) is 9.98. The lowest BCUT2D eigenvalue weighted by Crippen LogP contribution is -2.51. The molecule has 3 aliphatic heterocycles. The molecule has 2 amide bonds. The van der Waals surface area contributed by atoms with Crippen LogP contribution in [-0.2, 0) is 20.7 Å². The van der Waals surface area contributed by atoms with Gasteiger partial charge in [0, 0.05) is 51.7 Å². The van der Waals surface area contributed by atoms with E-state index in [1.807, 2.05) is 23.1 Å². The maximum absolute atomic E-state index is 13.4. The van der Waals surface area contributed by atoms with Crippen molar-refractivity contribution in [3.05, 3.63) is 23.8 Å². The molecule has 3 saturated heterocycles.